The summed E-state index contributed by atoms with van der Waals surface area (Å²) in [5.74, 6) is -0.849. The van der Waals surface area contributed by atoms with Gasteiger partial charge in [-0.1, -0.05) is 42.5 Å². The molecule has 0 spiro atoms. The van der Waals surface area contributed by atoms with Gasteiger partial charge in [-0.05, 0) is 22.8 Å². The van der Waals surface area contributed by atoms with Crippen molar-refractivity contribution in [3.05, 3.63) is 48.0 Å². The minimum Gasteiger partial charge on any atom is -0.481 e. The summed E-state index contributed by atoms with van der Waals surface area (Å²) in [4.78, 5) is 10.5. The van der Waals surface area contributed by atoms with E-state index in [9.17, 15) is 4.79 Å². The van der Waals surface area contributed by atoms with Gasteiger partial charge in [0.15, 0.2) is 0 Å². The number of aliphatic carboxylic acids is 1. The summed E-state index contributed by atoms with van der Waals surface area (Å²) in [5.41, 5.74) is 6.85. The van der Waals surface area contributed by atoms with Gasteiger partial charge in [-0.25, -0.2) is 0 Å². The largest absolute Gasteiger partial charge is 0.481 e. The van der Waals surface area contributed by atoms with Crippen LogP contribution in [0.5, 0.6) is 0 Å². The lowest BCUT2D eigenvalue weighted by Crippen LogP contribution is -2.26. The molecule has 0 bridgehead atoms. The average molecular weight is 229 g/mol. The maximum Gasteiger partial charge on any atom is 0.304 e. The van der Waals surface area contributed by atoms with Crippen molar-refractivity contribution in [1.29, 1.82) is 0 Å². The molecule has 0 unspecified atom stereocenters. The minimum absolute atomic E-state index is 0.00677. The number of nitrogens with two attached hydrogens (primary N) is 1. The highest BCUT2D eigenvalue weighted by Crippen LogP contribution is 2.16. The second kappa shape index (κ2) is 4.97. The predicted octanol–water partition coefficient (Wildman–Crippen LogP) is 2.18. The Morgan fingerprint density at radius 2 is 1.88 bits per heavy atom. The minimum atomic E-state index is -0.849. The SMILES string of the molecule is N[C@H](CC(=O)O)Cc1ccc2ccccc2c1. The van der Waals surface area contributed by atoms with E-state index in [2.05, 4.69) is 12.1 Å². The summed E-state index contributed by atoms with van der Waals surface area (Å²) in [5, 5.41) is 11.0. The van der Waals surface area contributed by atoms with Crippen LogP contribution in [-0.2, 0) is 11.2 Å². The number of hydrogen-bond donors (Lipinski definition) is 2. The average Bonchev–Trinajstić information content (AvgIpc) is 2.27. The van der Waals surface area contributed by atoms with Gasteiger partial charge in [0.2, 0.25) is 0 Å². The molecule has 0 aliphatic rings. The molecule has 0 amide bonds. The number of carbonyl (C=O) groups is 1. The van der Waals surface area contributed by atoms with Crippen LogP contribution in [-0.4, -0.2) is 17.1 Å². The van der Waals surface area contributed by atoms with Crippen molar-refractivity contribution >= 4 is 16.7 Å². The molecule has 0 aromatic heterocycles. The second-order valence-corrected chi connectivity index (χ2v) is 4.24. The number of benzene rings is 2. The van der Waals surface area contributed by atoms with E-state index in [4.69, 9.17) is 10.8 Å². The Kier molecular flexibility index (Phi) is 3.40. The van der Waals surface area contributed by atoms with Gasteiger partial charge in [0.1, 0.15) is 0 Å². The van der Waals surface area contributed by atoms with Crippen LogP contribution in [0.1, 0.15) is 12.0 Å². The maximum absolute atomic E-state index is 10.5. The van der Waals surface area contributed by atoms with Gasteiger partial charge in [-0.15, -0.1) is 0 Å². The van der Waals surface area contributed by atoms with E-state index in [1.165, 1.54) is 5.39 Å². The van der Waals surface area contributed by atoms with E-state index in [0.717, 1.165) is 10.9 Å². The summed E-state index contributed by atoms with van der Waals surface area (Å²) in [6.07, 6.45) is 0.601. The summed E-state index contributed by atoms with van der Waals surface area (Å²) in [7, 11) is 0. The van der Waals surface area contributed by atoms with Gasteiger partial charge in [0.25, 0.3) is 0 Å². The topological polar surface area (TPSA) is 63.3 Å². The molecular weight excluding hydrogens is 214 g/mol. The molecule has 2 rings (SSSR count). The zero-order valence-electron chi connectivity index (χ0n) is 9.47. The molecule has 0 aliphatic heterocycles. The number of hydrogen-bond acceptors (Lipinski definition) is 2. The molecule has 0 saturated heterocycles. The van der Waals surface area contributed by atoms with Gasteiger partial charge in [-0.3, -0.25) is 4.79 Å². The lowest BCUT2D eigenvalue weighted by atomic mass is 10.0. The molecule has 3 nitrogen and oxygen atoms in total. The Hall–Kier alpha value is -1.87. The quantitative estimate of drug-likeness (QED) is 0.844. The van der Waals surface area contributed by atoms with E-state index in [1.807, 2.05) is 30.3 Å². The van der Waals surface area contributed by atoms with Gasteiger partial charge in [0.05, 0.1) is 6.42 Å². The van der Waals surface area contributed by atoms with Crippen LogP contribution < -0.4 is 5.73 Å². The summed E-state index contributed by atoms with van der Waals surface area (Å²) < 4.78 is 0. The molecule has 3 heteroatoms. The van der Waals surface area contributed by atoms with Crippen molar-refractivity contribution in [2.24, 2.45) is 5.73 Å². The third kappa shape index (κ3) is 3.04. The number of rotatable bonds is 4. The number of fused-ring (bicyclic) bond motifs is 1. The van der Waals surface area contributed by atoms with Crippen LogP contribution >= 0.6 is 0 Å². The fourth-order valence-corrected chi connectivity index (χ4v) is 1.96. The molecule has 1 atom stereocenters. The smallest absolute Gasteiger partial charge is 0.304 e. The Balaban J connectivity index is 2.16. The third-order valence-electron chi connectivity index (χ3n) is 2.75. The van der Waals surface area contributed by atoms with Crippen molar-refractivity contribution < 1.29 is 9.90 Å². The summed E-state index contributed by atoms with van der Waals surface area (Å²) in [6, 6.07) is 13.9. The molecule has 0 radical (unpaired) electrons. The highest BCUT2D eigenvalue weighted by molar-refractivity contribution is 5.83. The zero-order chi connectivity index (χ0) is 12.3. The first-order chi connectivity index (χ1) is 8.15. The second-order valence-electron chi connectivity index (χ2n) is 4.24. The summed E-state index contributed by atoms with van der Waals surface area (Å²) >= 11 is 0. The molecule has 2 aromatic rings. The van der Waals surface area contributed by atoms with Gasteiger partial charge < -0.3 is 10.8 Å². The Labute approximate surface area is 99.9 Å². The molecule has 2 aromatic carbocycles. The highest BCUT2D eigenvalue weighted by Gasteiger charge is 2.08. The maximum atomic E-state index is 10.5. The molecule has 0 aliphatic carbocycles. The van der Waals surface area contributed by atoms with E-state index in [-0.39, 0.29) is 12.5 Å². The molecule has 88 valence electrons. The molecule has 3 N–H and O–H groups in total. The Bertz CT molecular complexity index is 536. The standard InChI is InChI=1S/C14H15NO2/c15-13(9-14(16)17)8-10-5-6-11-3-1-2-4-12(11)7-10/h1-7,13H,8-9,15H2,(H,16,17)/t13-/m0/s1. The van der Waals surface area contributed by atoms with Crippen LogP contribution in [0.4, 0.5) is 0 Å². The first-order valence-electron chi connectivity index (χ1n) is 5.60. The molecule has 0 fully saturated rings. The van der Waals surface area contributed by atoms with Crippen molar-refractivity contribution in [2.75, 3.05) is 0 Å². The van der Waals surface area contributed by atoms with Gasteiger partial charge in [-0.2, -0.15) is 0 Å². The Morgan fingerprint density at radius 1 is 1.18 bits per heavy atom. The normalized spacial score (nSPS) is 12.5. The first kappa shape index (κ1) is 11.6. The van der Waals surface area contributed by atoms with E-state index in [0.29, 0.717) is 6.42 Å². The van der Waals surface area contributed by atoms with Crippen molar-refractivity contribution in [2.45, 2.75) is 18.9 Å². The molecule has 17 heavy (non-hydrogen) atoms. The molecule has 0 saturated carbocycles. The van der Waals surface area contributed by atoms with Crippen molar-refractivity contribution in [3.63, 3.8) is 0 Å². The fraction of sp³-hybridized carbons (Fsp3) is 0.214. The lowest BCUT2D eigenvalue weighted by molar-refractivity contribution is -0.137. The predicted molar refractivity (Wildman–Crippen MR) is 67.9 cm³/mol. The van der Waals surface area contributed by atoms with Crippen LogP contribution in [0.25, 0.3) is 10.8 Å². The van der Waals surface area contributed by atoms with E-state index in [1.54, 1.807) is 0 Å². The molecule has 0 heterocycles. The van der Waals surface area contributed by atoms with E-state index >= 15 is 0 Å². The van der Waals surface area contributed by atoms with E-state index < -0.39 is 5.97 Å². The number of carboxylic acids is 1. The third-order valence-corrected chi connectivity index (χ3v) is 2.75. The van der Waals surface area contributed by atoms with Crippen LogP contribution in [0.15, 0.2) is 42.5 Å². The lowest BCUT2D eigenvalue weighted by Gasteiger charge is -2.09. The fourth-order valence-electron chi connectivity index (χ4n) is 1.96. The Morgan fingerprint density at radius 3 is 2.59 bits per heavy atom. The molecular formula is C14H15NO2. The van der Waals surface area contributed by atoms with Gasteiger partial charge >= 0.3 is 5.97 Å². The van der Waals surface area contributed by atoms with Crippen molar-refractivity contribution in [3.8, 4) is 0 Å². The highest BCUT2D eigenvalue weighted by atomic mass is 16.4. The van der Waals surface area contributed by atoms with Crippen LogP contribution in [0.3, 0.4) is 0 Å². The zero-order valence-corrected chi connectivity index (χ0v) is 9.47. The van der Waals surface area contributed by atoms with Gasteiger partial charge in [0, 0.05) is 6.04 Å². The van der Waals surface area contributed by atoms with Crippen LogP contribution in [0.2, 0.25) is 0 Å². The van der Waals surface area contributed by atoms with Crippen molar-refractivity contribution in [1.82, 2.24) is 0 Å². The summed E-state index contributed by atoms with van der Waals surface area (Å²) in [6.45, 7) is 0. The first-order valence-corrected chi connectivity index (χ1v) is 5.60. The number of carboxylic acid groups (broad SMARTS) is 1. The monoisotopic (exact) mass is 229 g/mol. The van der Waals surface area contributed by atoms with Crippen LogP contribution in [0, 0.1) is 0 Å².